The Kier molecular flexibility index (Phi) is 4.87. The Bertz CT molecular complexity index is 1160. The van der Waals surface area contributed by atoms with Crippen molar-refractivity contribution in [3.63, 3.8) is 0 Å². The van der Waals surface area contributed by atoms with Crippen LogP contribution in [-0.4, -0.2) is 49.8 Å². The third kappa shape index (κ3) is 3.25. The van der Waals surface area contributed by atoms with Crippen molar-refractivity contribution in [1.82, 2.24) is 9.38 Å². The Balaban J connectivity index is 1.69. The lowest BCUT2D eigenvalue weighted by atomic mass is 10.1. The summed E-state index contributed by atoms with van der Waals surface area (Å²) in [6.45, 7) is 5.71. The molecule has 7 heteroatoms. The number of benzene rings is 2. The minimum absolute atomic E-state index is 0.733. The van der Waals surface area contributed by atoms with Crippen LogP contribution in [0.1, 0.15) is 5.69 Å². The predicted molar refractivity (Wildman–Crippen MR) is 115 cm³/mol. The Morgan fingerprint density at radius 1 is 1.07 bits per heavy atom. The fraction of sp³-hybridized carbons (Fsp3) is 0.318. The number of nitrogens with one attached hydrogen (secondary N) is 1. The van der Waals surface area contributed by atoms with Gasteiger partial charge in [0.25, 0.3) is 0 Å². The highest BCUT2D eigenvalue weighted by Crippen LogP contribution is 2.36. The molecule has 0 aliphatic carbocycles. The molecule has 0 atom stereocenters. The number of rotatable bonds is 5. The number of piperazine rings is 1. The van der Waals surface area contributed by atoms with Gasteiger partial charge in [0, 0.05) is 5.56 Å². The van der Waals surface area contributed by atoms with Crippen molar-refractivity contribution in [1.29, 1.82) is 0 Å². The summed E-state index contributed by atoms with van der Waals surface area (Å²) in [5.74, 6) is 1.47. The minimum atomic E-state index is 0.733. The predicted octanol–water partition coefficient (Wildman–Crippen LogP) is 1.20. The van der Waals surface area contributed by atoms with Gasteiger partial charge < -0.3 is 19.7 Å². The van der Waals surface area contributed by atoms with Crippen LogP contribution in [0.5, 0.6) is 11.5 Å². The second-order valence-electron chi connectivity index (χ2n) is 7.46. The van der Waals surface area contributed by atoms with Crippen LogP contribution in [0.3, 0.4) is 0 Å². The number of para-hydroxylation sites is 1. The molecule has 1 saturated heterocycles. The number of hydrogen-bond donors (Lipinski definition) is 2. The zero-order chi connectivity index (χ0) is 19.8. The van der Waals surface area contributed by atoms with Crippen molar-refractivity contribution >= 4 is 26.5 Å². The minimum Gasteiger partial charge on any atom is -0.493 e. The summed E-state index contributed by atoms with van der Waals surface area (Å²) in [6.07, 6.45) is 0. The van der Waals surface area contributed by atoms with E-state index in [1.165, 1.54) is 42.1 Å². The van der Waals surface area contributed by atoms with Gasteiger partial charge in [-0.3, -0.25) is 4.40 Å². The molecule has 2 aromatic carbocycles. The molecule has 150 valence electrons. The molecule has 6 nitrogen and oxygen atoms in total. The summed E-state index contributed by atoms with van der Waals surface area (Å²) in [6, 6.07) is 14.7. The number of nitrogens with zero attached hydrogens (tertiary/aromatic N) is 2. The van der Waals surface area contributed by atoms with E-state index in [0.29, 0.717) is 0 Å². The van der Waals surface area contributed by atoms with Gasteiger partial charge in [-0.05, 0) is 30.3 Å². The van der Waals surface area contributed by atoms with Crippen LogP contribution in [0.2, 0.25) is 0 Å². The highest BCUT2D eigenvalue weighted by molar-refractivity contribution is 7.23. The summed E-state index contributed by atoms with van der Waals surface area (Å²) >= 11 is 1.75. The quantitative estimate of drug-likeness (QED) is 0.520. The average Bonchev–Trinajstić information content (AvgIpc) is 3.30. The fourth-order valence-electron chi connectivity index (χ4n) is 4.25. The number of imidazole rings is 1. The molecule has 3 heterocycles. The van der Waals surface area contributed by atoms with Crippen LogP contribution in [-0.2, 0) is 6.54 Å². The lowest BCUT2D eigenvalue weighted by molar-refractivity contribution is -0.958. The van der Waals surface area contributed by atoms with E-state index in [2.05, 4.69) is 40.0 Å². The number of aromatic nitrogens is 2. The Morgan fingerprint density at radius 3 is 2.66 bits per heavy atom. The van der Waals surface area contributed by atoms with Crippen LogP contribution in [0.25, 0.3) is 26.4 Å². The Hall–Kier alpha value is -2.61. The largest absolute Gasteiger partial charge is 0.493 e. The van der Waals surface area contributed by atoms with Gasteiger partial charge in [0.1, 0.15) is 38.4 Å². The lowest BCUT2D eigenvalue weighted by Gasteiger charge is -2.22. The smallest absolute Gasteiger partial charge is 0.195 e. The van der Waals surface area contributed by atoms with Crippen molar-refractivity contribution in [2.24, 2.45) is 0 Å². The van der Waals surface area contributed by atoms with Gasteiger partial charge in [0.05, 0.1) is 30.1 Å². The van der Waals surface area contributed by atoms with E-state index < -0.39 is 0 Å². The maximum absolute atomic E-state index is 5.55. The van der Waals surface area contributed by atoms with Crippen LogP contribution in [0, 0.1) is 0 Å². The molecule has 1 aliphatic rings. The molecule has 3 N–H and O–H groups in total. The number of quaternary nitrogens is 2. The third-order valence-corrected chi connectivity index (χ3v) is 6.75. The van der Waals surface area contributed by atoms with Crippen LogP contribution in [0.4, 0.5) is 0 Å². The molecule has 29 heavy (non-hydrogen) atoms. The molecule has 0 amide bonds. The maximum Gasteiger partial charge on any atom is 0.195 e. The number of ether oxygens (including phenoxy) is 2. The van der Waals surface area contributed by atoms with Gasteiger partial charge in [-0.2, -0.15) is 0 Å². The van der Waals surface area contributed by atoms with Crippen molar-refractivity contribution in [3.05, 3.63) is 48.2 Å². The van der Waals surface area contributed by atoms with E-state index in [9.17, 15) is 0 Å². The number of fused-ring (bicyclic) bond motifs is 3. The molecule has 1 fully saturated rings. The van der Waals surface area contributed by atoms with Gasteiger partial charge >= 0.3 is 0 Å². The lowest BCUT2D eigenvalue weighted by Crippen LogP contribution is -3.19. The van der Waals surface area contributed by atoms with Crippen molar-refractivity contribution < 1.29 is 19.7 Å². The fourth-order valence-corrected chi connectivity index (χ4v) is 5.29. The monoisotopic (exact) mass is 410 g/mol. The number of hydrogen-bond acceptors (Lipinski definition) is 4. The van der Waals surface area contributed by atoms with Gasteiger partial charge in [-0.25, -0.2) is 4.98 Å². The molecule has 5 rings (SSSR count). The Morgan fingerprint density at radius 2 is 1.86 bits per heavy atom. The first kappa shape index (κ1) is 18.4. The second kappa shape index (κ2) is 7.67. The molecule has 0 saturated carbocycles. The summed E-state index contributed by atoms with van der Waals surface area (Å²) < 4.78 is 14.6. The van der Waals surface area contributed by atoms with E-state index in [0.717, 1.165) is 34.3 Å². The van der Waals surface area contributed by atoms with E-state index in [4.69, 9.17) is 14.5 Å². The van der Waals surface area contributed by atoms with E-state index in [1.807, 2.05) is 12.1 Å². The van der Waals surface area contributed by atoms with Gasteiger partial charge in [0.15, 0.2) is 16.5 Å². The van der Waals surface area contributed by atoms with Gasteiger partial charge in [-0.15, -0.1) is 0 Å². The zero-order valence-electron chi connectivity index (χ0n) is 16.8. The van der Waals surface area contributed by atoms with Crippen molar-refractivity contribution in [3.8, 4) is 22.8 Å². The van der Waals surface area contributed by atoms with Crippen LogP contribution in [0.15, 0.2) is 42.5 Å². The molecular formula is C22H26N4O2S+2. The molecule has 1 aliphatic heterocycles. The zero-order valence-corrected chi connectivity index (χ0v) is 17.6. The number of methoxy groups -OCH3 is 2. The van der Waals surface area contributed by atoms with Crippen LogP contribution >= 0.6 is 11.3 Å². The summed E-state index contributed by atoms with van der Waals surface area (Å²) in [5, 5.41) is 2.41. The highest BCUT2D eigenvalue weighted by Gasteiger charge is 2.24. The third-order valence-electron chi connectivity index (χ3n) is 5.73. The van der Waals surface area contributed by atoms with E-state index >= 15 is 0 Å². The molecule has 0 radical (unpaired) electrons. The second-order valence-corrected chi connectivity index (χ2v) is 8.47. The first-order chi connectivity index (χ1) is 14.3. The molecule has 2 aromatic heterocycles. The summed E-state index contributed by atoms with van der Waals surface area (Å²) in [5.41, 5.74) is 4.64. The summed E-state index contributed by atoms with van der Waals surface area (Å²) in [4.78, 5) is 7.75. The first-order valence-electron chi connectivity index (χ1n) is 10.0. The average molecular weight is 411 g/mol. The van der Waals surface area contributed by atoms with Gasteiger partial charge in [0.2, 0.25) is 0 Å². The maximum atomic E-state index is 5.55. The summed E-state index contributed by atoms with van der Waals surface area (Å²) in [7, 11) is 3.34. The van der Waals surface area contributed by atoms with Gasteiger partial charge in [-0.1, -0.05) is 23.5 Å². The SMILES string of the molecule is COc1ccc(-c2nc3sc4ccccc4n3c2C[NH+]2CC[NH2+]CC2)cc1OC. The van der Waals surface area contributed by atoms with E-state index in [1.54, 1.807) is 30.5 Å². The van der Waals surface area contributed by atoms with Crippen LogP contribution < -0.4 is 19.7 Å². The molecular weight excluding hydrogens is 384 g/mol. The molecule has 0 unspecified atom stereocenters. The number of thiazole rings is 1. The van der Waals surface area contributed by atoms with E-state index in [-0.39, 0.29) is 0 Å². The molecule has 0 bridgehead atoms. The molecule has 4 aromatic rings. The van der Waals surface area contributed by atoms with Crippen molar-refractivity contribution in [2.45, 2.75) is 6.54 Å². The number of nitrogens with two attached hydrogens (primary N) is 1. The Labute approximate surface area is 173 Å². The normalized spacial score (nSPS) is 15.2. The molecule has 0 spiro atoms. The highest BCUT2D eigenvalue weighted by atomic mass is 32.1. The van der Waals surface area contributed by atoms with Crippen molar-refractivity contribution in [2.75, 3.05) is 40.4 Å². The topological polar surface area (TPSA) is 56.8 Å². The standard InChI is InChI=1S/C22H24N4O2S/c1-27-18-8-7-15(13-19(18)28-2)21-17(14-25-11-9-23-10-12-25)26-16-5-3-4-6-20(16)29-22(26)24-21/h3-8,13,23H,9-12,14H2,1-2H3/p+2. The first-order valence-corrected chi connectivity index (χ1v) is 10.9.